The summed E-state index contributed by atoms with van der Waals surface area (Å²) in [7, 11) is 0. The van der Waals surface area contributed by atoms with Crippen molar-refractivity contribution < 1.29 is 33.3 Å². The Morgan fingerprint density at radius 3 is 2.45 bits per heavy atom. The summed E-state index contributed by atoms with van der Waals surface area (Å²) in [5.41, 5.74) is 1.66. The first-order chi connectivity index (χ1) is 13.9. The molecular weight excluding hydrogens is 378 g/mol. The molecule has 1 aliphatic rings. The number of esters is 1. The SMILES string of the molecule is CC(=O)c1cc2c(cc1NC(=O)COC(=O)CCOc1ccc(C)cc1)OCO2. The van der Waals surface area contributed by atoms with Crippen molar-refractivity contribution >= 4 is 23.3 Å². The fraction of sp³-hybridized carbons (Fsp3) is 0.286. The summed E-state index contributed by atoms with van der Waals surface area (Å²) in [5, 5.41) is 2.56. The fourth-order valence-electron chi connectivity index (χ4n) is 2.63. The predicted molar refractivity (Wildman–Crippen MR) is 103 cm³/mol. The van der Waals surface area contributed by atoms with Crippen LogP contribution in [-0.4, -0.2) is 37.7 Å². The Bertz CT molecular complexity index is 921. The summed E-state index contributed by atoms with van der Waals surface area (Å²) in [6, 6.07) is 10.5. The van der Waals surface area contributed by atoms with Crippen LogP contribution >= 0.6 is 0 Å². The van der Waals surface area contributed by atoms with Gasteiger partial charge in [-0.25, -0.2) is 0 Å². The van der Waals surface area contributed by atoms with Gasteiger partial charge in [0.1, 0.15) is 5.75 Å². The maximum Gasteiger partial charge on any atom is 0.309 e. The van der Waals surface area contributed by atoms with Gasteiger partial charge in [0.15, 0.2) is 23.9 Å². The topological polar surface area (TPSA) is 100 Å². The summed E-state index contributed by atoms with van der Waals surface area (Å²) >= 11 is 0. The summed E-state index contributed by atoms with van der Waals surface area (Å²) < 4.78 is 20.9. The molecule has 0 atom stereocenters. The number of nitrogens with one attached hydrogen (secondary N) is 1. The molecule has 0 aliphatic carbocycles. The molecule has 2 aromatic rings. The molecule has 1 aliphatic heterocycles. The van der Waals surface area contributed by atoms with E-state index >= 15 is 0 Å². The number of carbonyl (C=O) groups excluding carboxylic acids is 3. The van der Waals surface area contributed by atoms with Crippen LogP contribution in [0.2, 0.25) is 0 Å². The second kappa shape index (κ2) is 9.09. The fourth-order valence-corrected chi connectivity index (χ4v) is 2.63. The van der Waals surface area contributed by atoms with Gasteiger partial charge in [-0.1, -0.05) is 17.7 Å². The lowest BCUT2D eigenvalue weighted by Crippen LogP contribution is -2.22. The van der Waals surface area contributed by atoms with Gasteiger partial charge in [-0.15, -0.1) is 0 Å². The van der Waals surface area contributed by atoms with Crippen LogP contribution < -0.4 is 19.5 Å². The third-order valence-electron chi connectivity index (χ3n) is 4.13. The second-order valence-corrected chi connectivity index (χ2v) is 6.43. The van der Waals surface area contributed by atoms with Gasteiger partial charge in [0.2, 0.25) is 6.79 Å². The van der Waals surface area contributed by atoms with E-state index in [1.807, 2.05) is 31.2 Å². The molecular formula is C21H21NO7. The number of anilines is 1. The standard InChI is InChI=1S/C21H21NO7/c1-13-3-5-15(6-4-13)26-8-7-21(25)27-11-20(24)22-17-10-19-18(28-12-29-19)9-16(17)14(2)23/h3-6,9-10H,7-8,11-12H2,1-2H3,(H,22,24). The van der Waals surface area contributed by atoms with Crippen LogP contribution in [0.5, 0.6) is 17.2 Å². The van der Waals surface area contributed by atoms with Crippen LogP contribution in [-0.2, 0) is 14.3 Å². The molecule has 29 heavy (non-hydrogen) atoms. The van der Waals surface area contributed by atoms with Gasteiger partial charge >= 0.3 is 5.97 Å². The Labute approximate surface area is 167 Å². The molecule has 1 N–H and O–H groups in total. The maximum atomic E-state index is 12.1. The van der Waals surface area contributed by atoms with Gasteiger partial charge in [-0.2, -0.15) is 0 Å². The number of fused-ring (bicyclic) bond motifs is 1. The molecule has 0 radical (unpaired) electrons. The van der Waals surface area contributed by atoms with Crippen LogP contribution in [0.4, 0.5) is 5.69 Å². The van der Waals surface area contributed by atoms with Crippen molar-refractivity contribution in [1.82, 2.24) is 0 Å². The first-order valence-electron chi connectivity index (χ1n) is 9.02. The number of ether oxygens (including phenoxy) is 4. The minimum atomic E-state index is -0.570. The average molecular weight is 399 g/mol. The Kier molecular flexibility index (Phi) is 6.33. The van der Waals surface area contributed by atoms with Gasteiger partial charge < -0.3 is 24.3 Å². The van der Waals surface area contributed by atoms with Gasteiger partial charge in [-0.3, -0.25) is 14.4 Å². The summed E-state index contributed by atoms with van der Waals surface area (Å²) in [6.07, 6.45) is 0.00385. The Morgan fingerprint density at radius 1 is 1.07 bits per heavy atom. The zero-order valence-corrected chi connectivity index (χ0v) is 16.2. The van der Waals surface area contributed by atoms with E-state index in [0.29, 0.717) is 17.2 Å². The number of aryl methyl sites for hydroxylation is 1. The minimum Gasteiger partial charge on any atom is -0.493 e. The third-order valence-corrected chi connectivity index (χ3v) is 4.13. The van der Waals surface area contributed by atoms with Crippen molar-refractivity contribution in [1.29, 1.82) is 0 Å². The number of benzene rings is 2. The van der Waals surface area contributed by atoms with Crippen molar-refractivity contribution in [3.8, 4) is 17.2 Å². The van der Waals surface area contributed by atoms with Gasteiger partial charge in [0.25, 0.3) is 5.91 Å². The Balaban J connectivity index is 1.46. The minimum absolute atomic E-state index is 0.00385. The molecule has 0 aromatic heterocycles. The molecule has 1 heterocycles. The number of rotatable bonds is 8. The van der Waals surface area contributed by atoms with E-state index in [1.54, 1.807) is 0 Å². The number of carbonyl (C=O) groups is 3. The van der Waals surface area contributed by atoms with E-state index in [2.05, 4.69) is 5.32 Å². The predicted octanol–water partition coefficient (Wildman–Crippen LogP) is 2.88. The lowest BCUT2D eigenvalue weighted by atomic mass is 10.1. The molecule has 1 amide bonds. The second-order valence-electron chi connectivity index (χ2n) is 6.43. The number of amides is 1. The van der Waals surface area contributed by atoms with Crippen molar-refractivity contribution in [2.75, 3.05) is 25.3 Å². The zero-order chi connectivity index (χ0) is 20.8. The van der Waals surface area contributed by atoms with Crippen LogP contribution in [0.15, 0.2) is 36.4 Å². The third kappa shape index (κ3) is 5.47. The summed E-state index contributed by atoms with van der Waals surface area (Å²) in [4.78, 5) is 35.7. The first-order valence-corrected chi connectivity index (χ1v) is 9.02. The van der Waals surface area contributed by atoms with E-state index in [9.17, 15) is 14.4 Å². The van der Waals surface area contributed by atoms with E-state index in [1.165, 1.54) is 19.1 Å². The molecule has 0 saturated carbocycles. The first kappa shape index (κ1) is 20.2. The lowest BCUT2D eigenvalue weighted by molar-refractivity contribution is -0.147. The molecule has 0 bridgehead atoms. The van der Waals surface area contributed by atoms with E-state index in [0.717, 1.165) is 5.56 Å². The smallest absolute Gasteiger partial charge is 0.309 e. The van der Waals surface area contributed by atoms with Gasteiger partial charge in [0, 0.05) is 11.6 Å². The highest BCUT2D eigenvalue weighted by Gasteiger charge is 2.20. The van der Waals surface area contributed by atoms with Crippen molar-refractivity contribution in [3.05, 3.63) is 47.5 Å². The number of hydrogen-bond acceptors (Lipinski definition) is 7. The largest absolute Gasteiger partial charge is 0.493 e. The molecule has 8 heteroatoms. The Morgan fingerprint density at radius 2 is 1.76 bits per heavy atom. The van der Waals surface area contributed by atoms with Crippen molar-refractivity contribution in [2.45, 2.75) is 20.3 Å². The number of ketones is 1. The zero-order valence-electron chi connectivity index (χ0n) is 16.2. The molecule has 0 unspecified atom stereocenters. The van der Waals surface area contributed by atoms with Crippen LogP contribution in [0.25, 0.3) is 0 Å². The highest BCUT2D eigenvalue weighted by atomic mass is 16.7. The highest BCUT2D eigenvalue weighted by Crippen LogP contribution is 2.37. The lowest BCUT2D eigenvalue weighted by Gasteiger charge is -2.11. The highest BCUT2D eigenvalue weighted by molar-refractivity contribution is 6.05. The Hall–Kier alpha value is -3.55. The van der Waals surface area contributed by atoms with E-state index < -0.39 is 18.5 Å². The molecule has 152 valence electrons. The van der Waals surface area contributed by atoms with Crippen LogP contribution in [0.1, 0.15) is 29.3 Å². The summed E-state index contributed by atoms with van der Waals surface area (Å²) in [5.74, 6) is 0.136. The van der Waals surface area contributed by atoms with Crippen molar-refractivity contribution in [3.63, 3.8) is 0 Å². The monoisotopic (exact) mass is 399 g/mol. The van der Waals surface area contributed by atoms with Crippen LogP contribution in [0.3, 0.4) is 0 Å². The molecule has 0 fully saturated rings. The quantitative estimate of drug-likeness (QED) is 0.538. The molecule has 0 saturated heterocycles. The number of hydrogen-bond donors (Lipinski definition) is 1. The summed E-state index contributed by atoms with van der Waals surface area (Å²) in [6.45, 7) is 3.05. The average Bonchev–Trinajstić information content (AvgIpc) is 3.14. The maximum absolute atomic E-state index is 12.1. The normalized spacial score (nSPS) is 11.7. The van der Waals surface area contributed by atoms with Gasteiger partial charge in [-0.05, 0) is 32.0 Å². The van der Waals surface area contributed by atoms with Crippen LogP contribution in [0, 0.1) is 6.92 Å². The van der Waals surface area contributed by atoms with Crippen molar-refractivity contribution in [2.24, 2.45) is 0 Å². The van der Waals surface area contributed by atoms with E-state index in [4.69, 9.17) is 18.9 Å². The number of Topliss-reactive ketones (excluding diaryl/α,β-unsaturated/α-hetero) is 1. The molecule has 3 rings (SSSR count). The molecule has 2 aromatic carbocycles. The van der Waals surface area contributed by atoms with E-state index in [-0.39, 0.29) is 36.9 Å². The molecule has 8 nitrogen and oxygen atoms in total. The molecule has 0 spiro atoms. The van der Waals surface area contributed by atoms with Gasteiger partial charge in [0.05, 0.1) is 18.7 Å².